The molecule has 0 saturated carbocycles. The maximum atomic E-state index is 2.08. The fourth-order valence-electron chi connectivity index (χ4n) is 0. The Bertz CT molecular complexity index is 9.10. The number of hydrogen-bond acceptors (Lipinski definition) is 0. The van der Waals surface area contributed by atoms with Crippen molar-refractivity contribution in [2.45, 2.75) is 20.8 Å². The molecular weight excluding hydrogens is 124 g/mol. The van der Waals surface area contributed by atoms with Gasteiger partial charge in [-0.2, -0.15) is 20.8 Å². The molecule has 0 amide bonds. The van der Waals surface area contributed by atoms with E-state index in [0.29, 0.717) is 0 Å². The van der Waals surface area contributed by atoms with Gasteiger partial charge in [-0.3, -0.25) is 0 Å². The molecule has 50 valence electrons. The maximum Gasteiger partial charge on any atom is 2.00 e. The normalized spacial score (nSPS) is 4.50. The Kier molecular flexibility index (Phi) is 104. The van der Waals surface area contributed by atoms with E-state index >= 15 is 0 Å². The molecule has 0 fully saturated rings. The molecule has 0 aromatic rings. The third-order valence-electron chi connectivity index (χ3n) is 0. The molecule has 0 aliphatic rings. The zero-order chi connectivity index (χ0) is 3.58. The van der Waals surface area contributed by atoms with E-state index in [2.05, 4.69) is 20.8 Å². The second kappa shape index (κ2) is 24.0. The first-order valence-corrected chi connectivity index (χ1v) is 1.50. The number of rotatable bonds is 0. The first-order chi connectivity index (χ1) is 1.73. The van der Waals surface area contributed by atoms with E-state index in [1.807, 2.05) is 0 Å². The van der Waals surface area contributed by atoms with Crippen LogP contribution in [0, 0.1) is 28.2 Å². The van der Waals surface area contributed by atoms with Crippen LogP contribution in [-0.2, 0) is 0 Å². The summed E-state index contributed by atoms with van der Waals surface area (Å²) in [7, 11) is 0. The second-order valence-corrected chi connectivity index (χ2v) is 1.50. The van der Waals surface area contributed by atoms with Gasteiger partial charge in [-0.05, 0) is 0 Å². The van der Waals surface area contributed by atoms with Gasteiger partial charge in [0.1, 0.15) is 0 Å². The van der Waals surface area contributed by atoms with Crippen LogP contribution in [0.25, 0.3) is 0 Å². The molecule has 0 aromatic heterocycles. The van der Waals surface area contributed by atoms with Gasteiger partial charge in [0.25, 0.3) is 0 Å². The Balaban J connectivity index is -0.00000000750. The molecule has 0 aliphatic carbocycles. The molecule has 8 heavy (non-hydrogen) atoms. The summed E-state index contributed by atoms with van der Waals surface area (Å²) in [6, 6.07) is 0. The average molecular weight is 142 g/mol. The van der Waals surface area contributed by atoms with Crippen molar-refractivity contribution in [1.29, 1.82) is 0 Å². The van der Waals surface area contributed by atoms with E-state index in [1.54, 1.807) is 0 Å². The molecule has 0 nitrogen and oxygen atoms in total. The van der Waals surface area contributed by atoms with E-state index < -0.39 is 0 Å². The van der Waals surface area contributed by atoms with E-state index in [9.17, 15) is 0 Å². The Morgan fingerprint density at radius 3 is 0.750 bits per heavy atom. The Labute approximate surface area is 86.1 Å². The molecule has 0 radical (unpaired) electrons. The van der Waals surface area contributed by atoms with Crippen LogP contribution in [0.3, 0.4) is 0 Å². The summed E-state index contributed by atoms with van der Waals surface area (Å²) in [4.78, 5) is 0. The van der Waals surface area contributed by atoms with Gasteiger partial charge < -0.3 is 28.2 Å². The van der Waals surface area contributed by atoms with E-state index in [0.717, 1.165) is 0 Å². The molecule has 0 aromatic carbocycles. The largest absolute Gasteiger partial charge is 2.00 e. The molecular formula is C7H18Ca-2. The van der Waals surface area contributed by atoms with Crippen LogP contribution in [0.5, 0.6) is 0 Å². The van der Waals surface area contributed by atoms with Crippen molar-refractivity contribution in [3.8, 4) is 0 Å². The molecule has 0 saturated heterocycles. The van der Waals surface area contributed by atoms with Crippen molar-refractivity contribution in [3.63, 3.8) is 0 Å². The van der Waals surface area contributed by atoms with Gasteiger partial charge in [-0.15, -0.1) is 0 Å². The molecule has 0 bridgehead atoms. The smallest absolute Gasteiger partial charge is 0.358 e. The van der Waals surface area contributed by atoms with Crippen LogP contribution in [0.4, 0.5) is 0 Å². The molecule has 1 heteroatoms. The van der Waals surface area contributed by atoms with Crippen LogP contribution < -0.4 is 0 Å². The summed E-state index contributed by atoms with van der Waals surface area (Å²) in [5.41, 5.74) is 0. The van der Waals surface area contributed by atoms with Gasteiger partial charge in [-0.25, -0.2) is 0 Å². The topological polar surface area (TPSA) is 0 Å². The van der Waals surface area contributed by atoms with Crippen LogP contribution in [0.2, 0.25) is 0 Å². The first kappa shape index (κ1) is 34.8. The molecule has 0 aliphatic heterocycles. The fourth-order valence-corrected chi connectivity index (χ4v) is 0. The fraction of sp³-hybridized carbons (Fsp3) is 0.429. The van der Waals surface area contributed by atoms with Gasteiger partial charge in [0, 0.05) is 0 Å². The van der Waals surface area contributed by atoms with E-state index in [1.165, 1.54) is 5.92 Å². The third kappa shape index (κ3) is 179. The Hall–Kier alpha value is 1.26. The molecule has 0 heterocycles. The standard InChI is InChI=1S/C4H9.3CH3.Ca/c1-4(2)3;;;;/h1-3H3;3*1H3;/q4*-1;+2. The maximum absolute atomic E-state index is 2.08. The summed E-state index contributed by atoms with van der Waals surface area (Å²) >= 11 is 0. The van der Waals surface area contributed by atoms with E-state index in [4.69, 9.17) is 0 Å². The minimum Gasteiger partial charge on any atom is -0.358 e. The van der Waals surface area contributed by atoms with Gasteiger partial charge in [-0.1, -0.05) is 0 Å². The predicted molar refractivity (Wildman–Crippen MR) is 45.3 cm³/mol. The first-order valence-electron chi connectivity index (χ1n) is 1.50. The zero-order valence-electron chi connectivity index (χ0n) is 7.21. The summed E-state index contributed by atoms with van der Waals surface area (Å²) in [6.45, 7) is 6.25. The van der Waals surface area contributed by atoms with Crippen molar-refractivity contribution in [2.24, 2.45) is 0 Å². The van der Waals surface area contributed by atoms with Gasteiger partial charge >= 0.3 is 37.7 Å². The summed E-state index contributed by atoms with van der Waals surface area (Å²) in [6.07, 6.45) is 0. The van der Waals surface area contributed by atoms with Gasteiger partial charge in [0.2, 0.25) is 0 Å². The van der Waals surface area contributed by atoms with Crippen molar-refractivity contribution in [2.75, 3.05) is 0 Å². The van der Waals surface area contributed by atoms with Crippen LogP contribution in [-0.4, -0.2) is 37.7 Å². The average Bonchev–Trinajstić information content (AvgIpc) is 0.811. The molecule has 0 unspecified atom stereocenters. The Morgan fingerprint density at radius 2 is 0.750 bits per heavy atom. The van der Waals surface area contributed by atoms with Crippen molar-refractivity contribution in [3.05, 3.63) is 28.2 Å². The monoisotopic (exact) mass is 142 g/mol. The zero-order valence-corrected chi connectivity index (χ0v) is 9.42. The minimum atomic E-state index is 0. The van der Waals surface area contributed by atoms with Crippen molar-refractivity contribution >= 4 is 37.7 Å². The van der Waals surface area contributed by atoms with E-state index in [-0.39, 0.29) is 60.0 Å². The SMILES string of the molecule is C[C-](C)C.[CH3-].[CH3-].[CH3-].[Ca+2]. The van der Waals surface area contributed by atoms with Crippen LogP contribution in [0.1, 0.15) is 20.8 Å². The predicted octanol–water partition coefficient (Wildman–Crippen LogP) is 2.59. The van der Waals surface area contributed by atoms with Gasteiger partial charge in [0.05, 0.1) is 0 Å². The third-order valence-corrected chi connectivity index (χ3v) is 0. The minimum absolute atomic E-state index is 0. The van der Waals surface area contributed by atoms with Crippen molar-refractivity contribution < 1.29 is 0 Å². The van der Waals surface area contributed by atoms with Gasteiger partial charge in [0.15, 0.2) is 0 Å². The van der Waals surface area contributed by atoms with Crippen LogP contribution >= 0.6 is 0 Å². The quantitative estimate of drug-likeness (QED) is 0.360. The summed E-state index contributed by atoms with van der Waals surface area (Å²) < 4.78 is 0. The Morgan fingerprint density at radius 1 is 0.750 bits per heavy atom. The molecule has 0 atom stereocenters. The second-order valence-electron chi connectivity index (χ2n) is 1.50. The number of hydrogen-bond donors (Lipinski definition) is 0. The molecule has 0 spiro atoms. The van der Waals surface area contributed by atoms with Crippen LogP contribution in [0.15, 0.2) is 0 Å². The summed E-state index contributed by atoms with van der Waals surface area (Å²) in [5.74, 6) is 1.42. The molecule has 0 N–H and O–H groups in total. The summed E-state index contributed by atoms with van der Waals surface area (Å²) in [5, 5.41) is 0. The molecule has 0 rings (SSSR count). The van der Waals surface area contributed by atoms with Crippen molar-refractivity contribution in [1.82, 2.24) is 0 Å².